The molecule has 0 aliphatic heterocycles. The summed E-state index contributed by atoms with van der Waals surface area (Å²) in [5.41, 5.74) is 0.316. The average Bonchev–Trinajstić information content (AvgIpc) is 2.93. The van der Waals surface area contributed by atoms with Gasteiger partial charge in [-0.15, -0.1) is 0 Å². The van der Waals surface area contributed by atoms with Gasteiger partial charge in [-0.05, 0) is 31.6 Å². The van der Waals surface area contributed by atoms with E-state index in [1.165, 1.54) is 12.8 Å². The lowest BCUT2D eigenvalue weighted by Gasteiger charge is -2.17. The number of hydrogen-bond acceptors (Lipinski definition) is 3. The zero-order valence-corrected chi connectivity index (χ0v) is 9.18. The Morgan fingerprint density at radius 2 is 2.29 bits per heavy atom. The molecule has 0 saturated heterocycles. The van der Waals surface area contributed by atoms with Crippen LogP contribution in [0.25, 0.3) is 0 Å². The second-order valence-electron chi connectivity index (χ2n) is 4.40. The Hall–Kier alpha value is -0.590. The maximum Gasteiger partial charge on any atom is 0.0628 e. The number of ether oxygens (including phenoxy) is 1. The van der Waals surface area contributed by atoms with Crippen molar-refractivity contribution in [2.75, 3.05) is 20.3 Å². The topological polar surface area (TPSA) is 45.0 Å². The van der Waals surface area contributed by atoms with Gasteiger partial charge in [-0.1, -0.05) is 0 Å². The van der Waals surface area contributed by atoms with Crippen LogP contribution in [0.4, 0.5) is 0 Å². The summed E-state index contributed by atoms with van der Waals surface area (Å²) in [4.78, 5) is 0. The molecule has 0 radical (unpaired) electrons. The van der Waals surface area contributed by atoms with E-state index in [0.29, 0.717) is 17.9 Å². The normalized spacial score (nSPS) is 20.1. The number of rotatable bonds is 7. The predicted octanol–water partition coefficient (Wildman–Crippen LogP) is 1.69. The Kier molecular flexibility index (Phi) is 4.37. The van der Waals surface area contributed by atoms with E-state index in [4.69, 9.17) is 10.00 Å². The summed E-state index contributed by atoms with van der Waals surface area (Å²) in [6.07, 6.45) is 4.17. The molecule has 14 heavy (non-hydrogen) atoms. The summed E-state index contributed by atoms with van der Waals surface area (Å²) in [6.45, 7) is 3.96. The molecule has 1 rings (SSSR count). The molecule has 0 amide bonds. The number of nitriles is 1. The minimum Gasteiger partial charge on any atom is -0.385 e. The van der Waals surface area contributed by atoms with Gasteiger partial charge < -0.3 is 10.1 Å². The molecule has 1 fully saturated rings. The summed E-state index contributed by atoms with van der Waals surface area (Å²) < 4.78 is 5.02. The van der Waals surface area contributed by atoms with Crippen LogP contribution in [-0.4, -0.2) is 26.3 Å². The van der Waals surface area contributed by atoms with Crippen LogP contribution in [0, 0.1) is 16.7 Å². The second-order valence-corrected chi connectivity index (χ2v) is 4.40. The monoisotopic (exact) mass is 196 g/mol. The van der Waals surface area contributed by atoms with Crippen LogP contribution < -0.4 is 5.32 Å². The van der Waals surface area contributed by atoms with Gasteiger partial charge in [0.15, 0.2) is 0 Å². The summed E-state index contributed by atoms with van der Waals surface area (Å²) in [5, 5.41) is 12.1. The van der Waals surface area contributed by atoms with Crippen molar-refractivity contribution in [2.45, 2.75) is 38.6 Å². The van der Waals surface area contributed by atoms with Crippen LogP contribution in [0.3, 0.4) is 0 Å². The first-order valence-electron chi connectivity index (χ1n) is 5.32. The van der Waals surface area contributed by atoms with Crippen molar-refractivity contribution in [3.63, 3.8) is 0 Å². The molecule has 1 N–H and O–H groups in total. The Morgan fingerprint density at radius 1 is 1.57 bits per heavy atom. The zero-order chi connectivity index (χ0) is 10.4. The van der Waals surface area contributed by atoms with Gasteiger partial charge in [0.2, 0.25) is 0 Å². The Labute approximate surface area is 86.4 Å². The number of methoxy groups -OCH3 is 1. The summed E-state index contributed by atoms with van der Waals surface area (Å²) in [7, 11) is 1.73. The van der Waals surface area contributed by atoms with Crippen molar-refractivity contribution in [2.24, 2.45) is 5.41 Å². The minimum atomic E-state index is 0.316. The molecule has 0 bridgehead atoms. The van der Waals surface area contributed by atoms with Gasteiger partial charge in [0, 0.05) is 32.7 Å². The van der Waals surface area contributed by atoms with Crippen LogP contribution in [0.5, 0.6) is 0 Å². The fourth-order valence-corrected chi connectivity index (χ4v) is 1.55. The van der Waals surface area contributed by atoms with Gasteiger partial charge in [-0.2, -0.15) is 5.26 Å². The van der Waals surface area contributed by atoms with Crippen molar-refractivity contribution in [3.05, 3.63) is 0 Å². The lowest BCUT2D eigenvalue weighted by atomic mass is 10.0. The van der Waals surface area contributed by atoms with Gasteiger partial charge in [-0.3, -0.25) is 0 Å². The first-order valence-corrected chi connectivity index (χ1v) is 5.32. The Bertz CT molecular complexity index is 206. The molecule has 0 aromatic heterocycles. The van der Waals surface area contributed by atoms with E-state index in [2.05, 4.69) is 18.3 Å². The molecule has 0 aromatic rings. The van der Waals surface area contributed by atoms with Crippen molar-refractivity contribution < 1.29 is 4.74 Å². The summed E-state index contributed by atoms with van der Waals surface area (Å²) >= 11 is 0. The van der Waals surface area contributed by atoms with Crippen molar-refractivity contribution in [3.8, 4) is 6.07 Å². The lowest BCUT2D eigenvalue weighted by molar-refractivity contribution is 0.183. The summed E-state index contributed by atoms with van der Waals surface area (Å²) in [5.74, 6) is 0. The number of hydrogen-bond donors (Lipinski definition) is 1. The SMILES string of the molecule is COCCC(C)NCC1(CC#N)CC1. The minimum absolute atomic E-state index is 0.316. The molecule has 0 heterocycles. The van der Waals surface area contributed by atoms with Crippen LogP contribution in [0.1, 0.15) is 32.6 Å². The third-order valence-corrected chi connectivity index (χ3v) is 2.99. The van der Waals surface area contributed by atoms with Gasteiger partial charge in [0.05, 0.1) is 6.07 Å². The van der Waals surface area contributed by atoms with Crippen molar-refractivity contribution >= 4 is 0 Å². The van der Waals surface area contributed by atoms with Crippen molar-refractivity contribution in [1.82, 2.24) is 5.32 Å². The van der Waals surface area contributed by atoms with E-state index in [-0.39, 0.29) is 0 Å². The van der Waals surface area contributed by atoms with Crippen LogP contribution >= 0.6 is 0 Å². The highest BCUT2D eigenvalue weighted by atomic mass is 16.5. The highest BCUT2D eigenvalue weighted by molar-refractivity contribution is 5.00. The lowest BCUT2D eigenvalue weighted by Crippen LogP contribution is -2.32. The van der Waals surface area contributed by atoms with Crippen LogP contribution in [-0.2, 0) is 4.74 Å². The Balaban J connectivity index is 2.11. The fraction of sp³-hybridized carbons (Fsp3) is 0.909. The molecule has 1 saturated carbocycles. The van der Waals surface area contributed by atoms with Gasteiger partial charge in [0.25, 0.3) is 0 Å². The van der Waals surface area contributed by atoms with Crippen LogP contribution in [0.15, 0.2) is 0 Å². The molecule has 80 valence electrons. The van der Waals surface area contributed by atoms with Gasteiger partial charge in [0.1, 0.15) is 0 Å². The van der Waals surface area contributed by atoms with E-state index in [1.807, 2.05) is 0 Å². The van der Waals surface area contributed by atoms with E-state index in [0.717, 1.165) is 19.6 Å². The highest BCUT2D eigenvalue weighted by Crippen LogP contribution is 2.47. The van der Waals surface area contributed by atoms with E-state index in [9.17, 15) is 0 Å². The molecule has 3 nitrogen and oxygen atoms in total. The fourth-order valence-electron chi connectivity index (χ4n) is 1.55. The first-order chi connectivity index (χ1) is 6.72. The van der Waals surface area contributed by atoms with E-state index in [1.54, 1.807) is 7.11 Å². The second kappa shape index (κ2) is 5.33. The van der Waals surface area contributed by atoms with E-state index < -0.39 is 0 Å². The quantitative estimate of drug-likeness (QED) is 0.674. The largest absolute Gasteiger partial charge is 0.385 e. The molecule has 3 heteroatoms. The standard InChI is InChI=1S/C11H20N2O/c1-10(3-8-14-2)13-9-11(4-5-11)6-7-12/h10,13H,3-6,8-9H2,1-2H3. The molecular weight excluding hydrogens is 176 g/mol. The van der Waals surface area contributed by atoms with Crippen molar-refractivity contribution in [1.29, 1.82) is 5.26 Å². The smallest absolute Gasteiger partial charge is 0.0628 e. The maximum absolute atomic E-state index is 8.65. The average molecular weight is 196 g/mol. The zero-order valence-electron chi connectivity index (χ0n) is 9.18. The third kappa shape index (κ3) is 3.65. The predicted molar refractivity (Wildman–Crippen MR) is 55.9 cm³/mol. The summed E-state index contributed by atoms with van der Waals surface area (Å²) in [6, 6.07) is 2.76. The Morgan fingerprint density at radius 3 is 2.79 bits per heavy atom. The molecular formula is C11H20N2O. The molecule has 0 aromatic carbocycles. The van der Waals surface area contributed by atoms with Gasteiger partial charge >= 0.3 is 0 Å². The number of nitrogens with one attached hydrogen (secondary N) is 1. The molecule has 1 aliphatic rings. The molecule has 1 aliphatic carbocycles. The highest BCUT2D eigenvalue weighted by Gasteiger charge is 2.42. The van der Waals surface area contributed by atoms with Crippen LogP contribution in [0.2, 0.25) is 0 Å². The van der Waals surface area contributed by atoms with E-state index >= 15 is 0 Å². The third-order valence-electron chi connectivity index (χ3n) is 2.99. The molecule has 1 unspecified atom stereocenters. The first kappa shape index (κ1) is 11.5. The molecule has 1 atom stereocenters. The maximum atomic E-state index is 8.65. The molecule has 0 spiro atoms. The number of nitrogens with zero attached hydrogens (tertiary/aromatic N) is 1. The van der Waals surface area contributed by atoms with Gasteiger partial charge in [-0.25, -0.2) is 0 Å².